The van der Waals surface area contributed by atoms with Gasteiger partial charge in [-0.1, -0.05) is 6.07 Å². The van der Waals surface area contributed by atoms with E-state index in [0.29, 0.717) is 12.1 Å². The lowest BCUT2D eigenvalue weighted by Crippen LogP contribution is -2.08. The quantitative estimate of drug-likeness (QED) is 0.815. The number of nitriles is 1. The van der Waals surface area contributed by atoms with Crippen LogP contribution in [-0.2, 0) is 6.54 Å². The fraction of sp³-hybridized carbons (Fsp3) is 0.308. The Labute approximate surface area is 102 Å². The minimum absolute atomic E-state index is 0.0457. The van der Waals surface area contributed by atoms with Crippen LogP contribution < -0.4 is 0 Å². The van der Waals surface area contributed by atoms with E-state index in [2.05, 4.69) is 0 Å². The van der Waals surface area contributed by atoms with Gasteiger partial charge in [-0.05, 0) is 30.0 Å². The molecule has 0 fully saturated rings. The number of rotatable bonds is 3. The minimum Gasteiger partial charge on any atom is -0.347 e. The van der Waals surface area contributed by atoms with Crippen LogP contribution in [0.4, 0.5) is 13.2 Å². The molecular formula is C13H11F3N2. The molecule has 94 valence electrons. The summed E-state index contributed by atoms with van der Waals surface area (Å²) in [6.07, 6.45) is -3.10. The van der Waals surface area contributed by atoms with Crippen molar-refractivity contribution in [2.24, 2.45) is 0 Å². The number of alkyl halides is 3. The monoisotopic (exact) mass is 252 g/mol. The number of hydrogen-bond donors (Lipinski definition) is 0. The van der Waals surface area contributed by atoms with Crippen LogP contribution in [0.5, 0.6) is 0 Å². The maximum atomic E-state index is 12.1. The Kier molecular flexibility index (Phi) is 3.28. The summed E-state index contributed by atoms with van der Waals surface area (Å²) >= 11 is 0. The second-order valence-corrected chi connectivity index (χ2v) is 4.11. The Morgan fingerprint density at radius 1 is 1.22 bits per heavy atom. The summed E-state index contributed by atoms with van der Waals surface area (Å²) in [5.74, 6) is 0. The number of halogens is 3. The molecule has 1 heterocycles. The fourth-order valence-electron chi connectivity index (χ4n) is 1.90. The number of nitrogens with zero attached hydrogens (tertiary/aromatic N) is 2. The molecule has 0 aliphatic heterocycles. The highest BCUT2D eigenvalue weighted by atomic mass is 19.4. The zero-order chi connectivity index (χ0) is 13.2. The summed E-state index contributed by atoms with van der Waals surface area (Å²) in [7, 11) is 0. The average Bonchev–Trinajstić information content (AvgIpc) is 2.70. The number of hydrogen-bond acceptors (Lipinski definition) is 1. The van der Waals surface area contributed by atoms with Crippen molar-refractivity contribution in [3.8, 4) is 6.07 Å². The van der Waals surface area contributed by atoms with E-state index >= 15 is 0 Å². The highest BCUT2D eigenvalue weighted by Crippen LogP contribution is 2.23. The molecule has 5 heteroatoms. The van der Waals surface area contributed by atoms with Gasteiger partial charge < -0.3 is 4.57 Å². The fourth-order valence-corrected chi connectivity index (χ4v) is 1.90. The summed E-state index contributed by atoms with van der Waals surface area (Å²) in [6, 6.07) is 9.05. The Morgan fingerprint density at radius 2 is 2.00 bits per heavy atom. The first-order chi connectivity index (χ1) is 8.49. The normalized spacial score (nSPS) is 11.7. The highest BCUT2D eigenvalue weighted by molar-refractivity contribution is 5.81. The average molecular weight is 252 g/mol. The van der Waals surface area contributed by atoms with Crippen LogP contribution in [0.25, 0.3) is 10.9 Å². The van der Waals surface area contributed by atoms with E-state index in [1.54, 1.807) is 29.0 Å². The molecule has 0 saturated carbocycles. The van der Waals surface area contributed by atoms with E-state index < -0.39 is 12.6 Å². The van der Waals surface area contributed by atoms with E-state index in [1.165, 1.54) is 0 Å². The molecule has 1 aromatic carbocycles. The summed E-state index contributed by atoms with van der Waals surface area (Å²) in [5, 5.41) is 9.73. The molecule has 18 heavy (non-hydrogen) atoms. The van der Waals surface area contributed by atoms with Gasteiger partial charge in [0.15, 0.2) is 0 Å². The van der Waals surface area contributed by atoms with Crippen molar-refractivity contribution in [1.82, 2.24) is 4.57 Å². The smallest absolute Gasteiger partial charge is 0.347 e. The van der Waals surface area contributed by atoms with Gasteiger partial charge >= 0.3 is 6.18 Å². The molecule has 0 aliphatic rings. The Bertz CT molecular complexity index is 590. The third-order valence-corrected chi connectivity index (χ3v) is 2.76. The second kappa shape index (κ2) is 4.73. The maximum absolute atomic E-state index is 12.1. The number of benzene rings is 1. The molecule has 0 N–H and O–H groups in total. The number of aromatic nitrogens is 1. The van der Waals surface area contributed by atoms with Gasteiger partial charge in [0.1, 0.15) is 0 Å². The molecule has 0 saturated heterocycles. The zero-order valence-corrected chi connectivity index (χ0v) is 9.54. The lowest BCUT2D eigenvalue weighted by molar-refractivity contribution is -0.135. The molecule has 0 amide bonds. The van der Waals surface area contributed by atoms with Crippen molar-refractivity contribution in [2.75, 3.05) is 0 Å². The lowest BCUT2D eigenvalue weighted by atomic mass is 10.2. The molecule has 0 aliphatic carbocycles. The summed E-state index contributed by atoms with van der Waals surface area (Å²) in [4.78, 5) is 0. The molecule has 0 atom stereocenters. The first-order valence-electron chi connectivity index (χ1n) is 5.55. The van der Waals surface area contributed by atoms with E-state index in [0.717, 1.165) is 10.9 Å². The van der Waals surface area contributed by atoms with Crippen molar-refractivity contribution in [2.45, 2.75) is 25.6 Å². The van der Waals surface area contributed by atoms with E-state index in [4.69, 9.17) is 5.26 Å². The van der Waals surface area contributed by atoms with Crippen LogP contribution in [0.3, 0.4) is 0 Å². The molecule has 2 aromatic rings. The summed E-state index contributed by atoms with van der Waals surface area (Å²) in [5.41, 5.74) is 1.31. The summed E-state index contributed by atoms with van der Waals surface area (Å²) < 4.78 is 37.9. The second-order valence-electron chi connectivity index (χ2n) is 4.11. The van der Waals surface area contributed by atoms with Crippen molar-refractivity contribution < 1.29 is 13.2 Å². The molecule has 2 nitrogen and oxygen atoms in total. The SMILES string of the molecule is N#Cc1ccc2ccn(CCCC(F)(F)F)c2c1. The Balaban J connectivity index is 2.16. The molecule has 1 aromatic heterocycles. The van der Waals surface area contributed by atoms with E-state index in [9.17, 15) is 13.2 Å². The van der Waals surface area contributed by atoms with Crippen LogP contribution >= 0.6 is 0 Å². The Morgan fingerprint density at radius 3 is 2.67 bits per heavy atom. The molecule has 2 rings (SSSR count). The molecule has 0 spiro atoms. The third kappa shape index (κ3) is 2.83. The van der Waals surface area contributed by atoms with Gasteiger partial charge in [-0.15, -0.1) is 0 Å². The van der Waals surface area contributed by atoms with Crippen LogP contribution in [0.1, 0.15) is 18.4 Å². The number of fused-ring (bicyclic) bond motifs is 1. The van der Waals surface area contributed by atoms with E-state index in [-0.39, 0.29) is 6.42 Å². The van der Waals surface area contributed by atoms with Crippen molar-refractivity contribution in [3.63, 3.8) is 0 Å². The van der Waals surface area contributed by atoms with Gasteiger partial charge in [0.05, 0.1) is 11.6 Å². The minimum atomic E-state index is -4.11. The molecule has 0 bridgehead atoms. The van der Waals surface area contributed by atoms with Gasteiger partial charge in [0.2, 0.25) is 0 Å². The van der Waals surface area contributed by atoms with Crippen LogP contribution in [0, 0.1) is 11.3 Å². The van der Waals surface area contributed by atoms with Gasteiger partial charge in [-0.2, -0.15) is 18.4 Å². The van der Waals surface area contributed by atoms with Crippen molar-refractivity contribution in [1.29, 1.82) is 5.26 Å². The standard InChI is InChI=1S/C13H11F3N2/c14-13(15,16)5-1-6-18-7-4-11-3-2-10(9-17)8-12(11)18/h2-4,7-8H,1,5-6H2. The molecule has 0 unspecified atom stereocenters. The highest BCUT2D eigenvalue weighted by Gasteiger charge is 2.26. The van der Waals surface area contributed by atoms with Crippen LogP contribution in [-0.4, -0.2) is 10.7 Å². The summed E-state index contributed by atoms with van der Waals surface area (Å²) in [6.45, 7) is 0.303. The largest absolute Gasteiger partial charge is 0.389 e. The lowest BCUT2D eigenvalue weighted by Gasteiger charge is -2.08. The van der Waals surface area contributed by atoms with E-state index in [1.807, 2.05) is 12.1 Å². The Hall–Kier alpha value is -1.96. The van der Waals surface area contributed by atoms with Crippen molar-refractivity contribution >= 4 is 10.9 Å². The van der Waals surface area contributed by atoms with Gasteiger partial charge in [-0.3, -0.25) is 0 Å². The van der Waals surface area contributed by atoms with Crippen LogP contribution in [0.2, 0.25) is 0 Å². The van der Waals surface area contributed by atoms with Crippen molar-refractivity contribution in [3.05, 3.63) is 36.0 Å². The molecule has 0 radical (unpaired) electrons. The van der Waals surface area contributed by atoms with Crippen LogP contribution in [0.15, 0.2) is 30.5 Å². The topological polar surface area (TPSA) is 28.7 Å². The maximum Gasteiger partial charge on any atom is 0.389 e. The van der Waals surface area contributed by atoms with Gasteiger partial charge in [0.25, 0.3) is 0 Å². The predicted molar refractivity (Wildman–Crippen MR) is 61.9 cm³/mol. The van der Waals surface area contributed by atoms with Gasteiger partial charge in [-0.25, -0.2) is 0 Å². The zero-order valence-electron chi connectivity index (χ0n) is 9.54. The first kappa shape index (κ1) is 12.5. The van der Waals surface area contributed by atoms with Gasteiger partial charge in [0, 0.05) is 24.7 Å². The molecular weight excluding hydrogens is 241 g/mol. The number of aryl methyl sites for hydroxylation is 1. The predicted octanol–water partition coefficient (Wildman–Crippen LogP) is 3.86. The first-order valence-corrected chi connectivity index (χ1v) is 5.55. The third-order valence-electron chi connectivity index (χ3n) is 2.76.